The molecule has 0 aromatic heterocycles. The highest BCUT2D eigenvalue weighted by Gasteiger charge is 2.27. The van der Waals surface area contributed by atoms with Gasteiger partial charge in [-0.05, 0) is 30.7 Å². The Bertz CT molecular complexity index is 1080. The molecule has 0 aliphatic heterocycles. The Kier molecular flexibility index (Phi) is 6.31. The van der Waals surface area contributed by atoms with Crippen LogP contribution in [-0.4, -0.2) is 19.5 Å². The summed E-state index contributed by atoms with van der Waals surface area (Å²) < 4.78 is 36.1. The van der Waals surface area contributed by atoms with Gasteiger partial charge < -0.3 is 14.0 Å². The quantitative estimate of drug-likeness (QED) is 0.560. The Hall–Kier alpha value is -3.16. The van der Waals surface area contributed by atoms with Gasteiger partial charge in [0.15, 0.2) is 6.10 Å². The maximum Gasteiger partial charge on any atom is 0.339 e. The van der Waals surface area contributed by atoms with Gasteiger partial charge in [0.05, 0.1) is 6.61 Å². The topological polar surface area (TPSA) is 89.9 Å². The Morgan fingerprint density at radius 3 is 2.21 bits per heavy atom. The van der Waals surface area contributed by atoms with Crippen molar-refractivity contribution >= 4 is 16.1 Å². The molecule has 1 atom stereocenters. The largest absolute Gasteiger partial charge is 0.479 e. The standard InChI is InChI=1S/C22H20O6S/c1-16-11-13-18(14-12-16)29(25,26)28-20-10-6-5-9-19(20)21(22(23)24)27-15-17-7-3-2-4-8-17/h2-14,21H,15H2,1H3,(H,23,24). The van der Waals surface area contributed by atoms with Gasteiger partial charge in [-0.3, -0.25) is 0 Å². The average molecular weight is 412 g/mol. The van der Waals surface area contributed by atoms with Gasteiger partial charge in [0.25, 0.3) is 0 Å². The van der Waals surface area contributed by atoms with Crippen molar-refractivity contribution in [3.05, 3.63) is 95.6 Å². The predicted molar refractivity (Wildman–Crippen MR) is 107 cm³/mol. The summed E-state index contributed by atoms with van der Waals surface area (Å²) >= 11 is 0. The molecule has 3 aromatic carbocycles. The molecule has 1 N–H and O–H groups in total. The van der Waals surface area contributed by atoms with Gasteiger partial charge in [-0.25, -0.2) is 4.79 Å². The van der Waals surface area contributed by atoms with E-state index in [2.05, 4.69) is 0 Å². The Morgan fingerprint density at radius 2 is 1.55 bits per heavy atom. The van der Waals surface area contributed by atoms with Gasteiger partial charge in [-0.2, -0.15) is 8.42 Å². The number of aliphatic carboxylic acids is 1. The lowest BCUT2D eigenvalue weighted by Crippen LogP contribution is -2.18. The van der Waals surface area contributed by atoms with Crippen molar-refractivity contribution in [3.63, 3.8) is 0 Å². The van der Waals surface area contributed by atoms with E-state index in [4.69, 9.17) is 8.92 Å². The second-order valence-electron chi connectivity index (χ2n) is 6.40. The van der Waals surface area contributed by atoms with Crippen LogP contribution in [-0.2, 0) is 26.3 Å². The van der Waals surface area contributed by atoms with E-state index in [9.17, 15) is 18.3 Å². The molecule has 3 rings (SSSR count). The summed E-state index contributed by atoms with van der Waals surface area (Å²) in [4.78, 5) is 11.8. The maximum atomic E-state index is 12.6. The van der Waals surface area contributed by atoms with Crippen molar-refractivity contribution in [2.24, 2.45) is 0 Å². The second-order valence-corrected chi connectivity index (χ2v) is 7.95. The van der Waals surface area contributed by atoms with Crippen LogP contribution in [0, 0.1) is 6.92 Å². The molecule has 29 heavy (non-hydrogen) atoms. The molecule has 0 fully saturated rings. The molecular weight excluding hydrogens is 392 g/mol. The summed E-state index contributed by atoms with van der Waals surface area (Å²) in [6.45, 7) is 1.89. The third-order valence-corrected chi connectivity index (χ3v) is 5.44. The van der Waals surface area contributed by atoms with Gasteiger partial charge in [-0.1, -0.05) is 66.2 Å². The highest BCUT2D eigenvalue weighted by molar-refractivity contribution is 7.87. The zero-order valence-corrected chi connectivity index (χ0v) is 16.5. The first-order chi connectivity index (χ1) is 13.9. The van der Waals surface area contributed by atoms with Gasteiger partial charge >= 0.3 is 16.1 Å². The number of aryl methyl sites for hydroxylation is 1. The van der Waals surface area contributed by atoms with Crippen molar-refractivity contribution < 1.29 is 27.2 Å². The van der Waals surface area contributed by atoms with Crippen LogP contribution >= 0.6 is 0 Å². The minimum absolute atomic E-state index is 0.0185. The lowest BCUT2D eigenvalue weighted by Gasteiger charge is -2.18. The molecule has 1 unspecified atom stereocenters. The van der Waals surface area contributed by atoms with Crippen molar-refractivity contribution in [2.75, 3.05) is 0 Å². The van der Waals surface area contributed by atoms with E-state index in [0.29, 0.717) is 0 Å². The Morgan fingerprint density at radius 1 is 0.931 bits per heavy atom. The Balaban J connectivity index is 1.87. The normalized spacial score (nSPS) is 12.3. The van der Waals surface area contributed by atoms with Crippen molar-refractivity contribution in [1.82, 2.24) is 0 Å². The molecule has 0 spiro atoms. The molecule has 150 valence electrons. The van der Waals surface area contributed by atoms with E-state index in [-0.39, 0.29) is 22.8 Å². The average Bonchev–Trinajstić information content (AvgIpc) is 2.70. The highest BCUT2D eigenvalue weighted by atomic mass is 32.2. The molecule has 0 bridgehead atoms. The van der Waals surface area contributed by atoms with Crippen LogP contribution in [0.2, 0.25) is 0 Å². The fraction of sp³-hybridized carbons (Fsp3) is 0.136. The molecule has 0 aliphatic rings. The number of carbonyl (C=O) groups is 1. The van der Waals surface area contributed by atoms with Gasteiger partial charge in [0.1, 0.15) is 10.6 Å². The minimum atomic E-state index is -4.13. The van der Waals surface area contributed by atoms with Crippen LogP contribution in [0.4, 0.5) is 0 Å². The zero-order chi connectivity index (χ0) is 20.9. The monoisotopic (exact) mass is 412 g/mol. The zero-order valence-electron chi connectivity index (χ0n) is 15.7. The first-order valence-electron chi connectivity index (χ1n) is 8.85. The number of carboxylic acid groups (broad SMARTS) is 1. The molecule has 6 nitrogen and oxygen atoms in total. The Labute approximate surface area is 169 Å². The second kappa shape index (κ2) is 8.89. The lowest BCUT2D eigenvalue weighted by atomic mass is 10.1. The van der Waals surface area contributed by atoms with Crippen LogP contribution in [0.3, 0.4) is 0 Å². The van der Waals surface area contributed by atoms with E-state index >= 15 is 0 Å². The summed E-state index contributed by atoms with van der Waals surface area (Å²) in [7, 11) is -4.13. The third kappa shape index (κ3) is 5.22. The molecule has 3 aromatic rings. The summed E-state index contributed by atoms with van der Waals surface area (Å²) in [5.74, 6) is -1.33. The van der Waals surface area contributed by atoms with E-state index < -0.39 is 22.2 Å². The summed E-state index contributed by atoms with van der Waals surface area (Å²) in [5, 5.41) is 9.65. The first kappa shape index (κ1) is 20.6. The van der Waals surface area contributed by atoms with Crippen molar-refractivity contribution in [2.45, 2.75) is 24.5 Å². The van der Waals surface area contributed by atoms with E-state index in [0.717, 1.165) is 11.1 Å². The summed E-state index contributed by atoms with van der Waals surface area (Å²) in [6.07, 6.45) is -1.39. The van der Waals surface area contributed by atoms with Gasteiger partial charge in [-0.15, -0.1) is 0 Å². The number of hydrogen-bond donors (Lipinski definition) is 1. The number of benzene rings is 3. The number of ether oxygens (including phenoxy) is 1. The number of rotatable bonds is 8. The molecule has 0 saturated heterocycles. The summed E-state index contributed by atoms with van der Waals surface area (Å²) in [6, 6.07) is 21.3. The molecular formula is C22H20O6S. The van der Waals surface area contributed by atoms with Crippen molar-refractivity contribution in [1.29, 1.82) is 0 Å². The number of carboxylic acids is 1. The minimum Gasteiger partial charge on any atom is -0.479 e. The molecule has 0 aliphatic carbocycles. The van der Waals surface area contributed by atoms with Crippen LogP contribution < -0.4 is 4.18 Å². The van der Waals surface area contributed by atoms with Gasteiger partial charge in [0, 0.05) is 5.56 Å². The van der Waals surface area contributed by atoms with Crippen LogP contribution in [0.15, 0.2) is 83.8 Å². The van der Waals surface area contributed by atoms with E-state index in [1.807, 2.05) is 37.3 Å². The summed E-state index contributed by atoms with van der Waals surface area (Å²) in [5.41, 5.74) is 1.82. The van der Waals surface area contributed by atoms with Crippen LogP contribution in [0.25, 0.3) is 0 Å². The number of hydrogen-bond acceptors (Lipinski definition) is 5. The molecule has 0 amide bonds. The fourth-order valence-corrected chi connectivity index (χ4v) is 3.65. The van der Waals surface area contributed by atoms with E-state index in [1.165, 1.54) is 24.3 Å². The third-order valence-electron chi connectivity index (χ3n) is 4.19. The smallest absolute Gasteiger partial charge is 0.339 e. The fourth-order valence-electron chi connectivity index (χ4n) is 2.69. The van der Waals surface area contributed by atoms with Crippen molar-refractivity contribution in [3.8, 4) is 5.75 Å². The highest BCUT2D eigenvalue weighted by Crippen LogP contribution is 2.31. The van der Waals surface area contributed by atoms with Crippen LogP contribution in [0.1, 0.15) is 22.8 Å². The lowest BCUT2D eigenvalue weighted by molar-refractivity contribution is -0.151. The van der Waals surface area contributed by atoms with Crippen LogP contribution in [0.5, 0.6) is 5.75 Å². The molecule has 7 heteroatoms. The predicted octanol–water partition coefficient (Wildman–Crippen LogP) is 4.11. The molecule has 0 radical (unpaired) electrons. The number of para-hydroxylation sites is 1. The maximum absolute atomic E-state index is 12.6. The first-order valence-corrected chi connectivity index (χ1v) is 10.3. The molecule has 0 heterocycles. The SMILES string of the molecule is Cc1ccc(S(=O)(=O)Oc2ccccc2C(OCc2ccccc2)C(=O)O)cc1. The van der Waals surface area contributed by atoms with E-state index in [1.54, 1.807) is 24.3 Å². The molecule has 0 saturated carbocycles. The van der Waals surface area contributed by atoms with Gasteiger partial charge in [0.2, 0.25) is 0 Å².